The van der Waals surface area contributed by atoms with Crippen LogP contribution in [0.25, 0.3) is 22.2 Å². The predicted octanol–water partition coefficient (Wildman–Crippen LogP) is 3.61. The van der Waals surface area contributed by atoms with Gasteiger partial charge in [0.15, 0.2) is 5.58 Å². The van der Waals surface area contributed by atoms with Gasteiger partial charge in [-0.1, -0.05) is 30.3 Å². The summed E-state index contributed by atoms with van der Waals surface area (Å²) in [6.07, 6.45) is 2.30. The number of benzene rings is 3. The SMILES string of the molecule is O=c1oc2cc(S(=O)(=O)Nc3ncns3)ccc2n1Cc1cccc(-c2ccc3c(c2)CNCC3)c1. The minimum absolute atomic E-state index is 0.0324. The molecule has 1 aliphatic rings. The Balaban J connectivity index is 1.30. The summed E-state index contributed by atoms with van der Waals surface area (Å²) in [6.45, 7) is 2.16. The van der Waals surface area contributed by atoms with Gasteiger partial charge >= 0.3 is 5.76 Å². The van der Waals surface area contributed by atoms with Gasteiger partial charge in [-0.25, -0.2) is 18.2 Å². The van der Waals surface area contributed by atoms with Gasteiger partial charge in [-0.3, -0.25) is 9.29 Å². The maximum Gasteiger partial charge on any atom is 0.420 e. The van der Waals surface area contributed by atoms with Crippen LogP contribution in [-0.2, 0) is 29.5 Å². The molecule has 182 valence electrons. The first-order valence-corrected chi connectivity index (χ1v) is 13.6. The Morgan fingerprint density at radius 2 is 1.94 bits per heavy atom. The molecule has 6 rings (SSSR count). The van der Waals surface area contributed by atoms with Gasteiger partial charge in [-0.15, -0.1) is 0 Å². The number of oxazole rings is 1. The summed E-state index contributed by atoms with van der Waals surface area (Å²) in [6, 6.07) is 19.0. The molecule has 2 N–H and O–H groups in total. The maximum absolute atomic E-state index is 12.7. The van der Waals surface area contributed by atoms with Crippen LogP contribution in [0.4, 0.5) is 5.13 Å². The van der Waals surface area contributed by atoms with Crippen LogP contribution in [0.3, 0.4) is 0 Å². The molecule has 0 spiro atoms. The van der Waals surface area contributed by atoms with Gasteiger partial charge in [-0.05, 0) is 65.0 Å². The highest BCUT2D eigenvalue weighted by Crippen LogP contribution is 2.26. The molecule has 1 aliphatic heterocycles. The average molecular weight is 520 g/mol. The zero-order valence-electron chi connectivity index (χ0n) is 19.0. The Kier molecular flexibility index (Phi) is 5.67. The second-order valence-electron chi connectivity index (χ2n) is 8.55. The first-order valence-electron chi connectivity index (χ1n) is 11.3. The molecule has 0 amide bonds. The van der Waals surface area contributed by atoms with Crippen molar-refractivity contribution in [2.45, 2.75) is 24.4 Å². The molecule has 36 heavy (non-hydrogen) atoms. The standard InChI is InChI=1S/C25H21N5O4S2/c31-25-30(22-7-6-21(12-23(22)34-25)36(32,33)29-24-27-15-28-35-24)14-16-2-1-3-18(10-16)19-5-4-17-8-9-26-13-20(17)11-19/h1-7,10-12,15,26H,8-9,13-14H2,(H,27,28,29). The molecular weight excluding hydrogens is 498 g/mol. The molecule has 2 aromatic heterocycles. The number of sulfonamides is 1. The highest BCUT2D eigenvalue weighted by molar-refractivity contribution is 7.93. The third kappa shape index (κ3) is 4.32. The Morgan fingerprint density at radius 1 is 1.06 bits per heavy atom. The molecule has 3 heterocycles. The lowest BCUT2D eigenvalue weighted by Gasteiger charge is -2.18. The van der Waals surface area contributed by atoms with Crippen molar-refractivity contribution in [1.29, 1.82) is 0 Å². The monoisotopic (exact) mass is 519 g/mol. The van der Waals surface area contributed by atoms with Crippen LogP contribution >= 0.6 is 11.5 Å². The van der Waals surface area contributed by atoms with Crippen molar-refractivity contribution in [2.75, 3.05) is 11.3 Å². The summed E-state index contributed by atoms with van der Waals surface area (Å²) in [5, 5.41) is 3.57. The number of rotatable bonds is 6. The molecule has 0 atom stereocenters. The van der Waals surface area contributed by atoms with E-state index in [0.717, 1.165) is 47.7 Å². The van der Waals surface area contributed by atoms with E-state index in [4.69, 9.17) is 4.42 Å². The van der Waals surface area contributed by atoms with Crippen LogP contribution in [0.1, 0.15) is 16.7 Å². The van der Waals surface area contributed by atoms with Crippen LogP contribution in [-0.4, -0.2) is 28.9 Å². The lowest BCUT2D eigenvalue weighted by molar-refractivity contribution is 0.517. The zero-order valence-corrected chi connectivity index (χ0v) is 20.6. The minimum Gasteiger partial charge on any atom is -0.408 e. The third-order valence-electron chi connectivity index (χ3n) is 6.23. The lowest BCUT2D eigenvalue weighted by atomic mass is 9.95. The van der Waals surface area contributed by atoms with Crippen LogP contribution < -0.4 is 15.8 Å². The molecule has 0 fully saturated rings. The maximum atomic E-state index is 12.7. The normalized spacial score (nSPS) is 13.6. The van der Waals surface area contributed by atoms with E-state index in [0.29, 0.717) is 12.1 Å². The fraction of sp³-hybridized carbons (Fsp3) is 0.160. The van der Waals surface area contributed by atoms with Crippen molar-refractivity contribution >= 4 is 37.8 Å². The van der Waals surface area contributed by atoms with Crippen molar-refractivity contribution in [2.24, 2.45) is 0 Å². The largest absolute Gasteiger partial charge is 0.420 e. The van der Waals surface area contributed by atoms with Gasteiger partial charge in [0.2, 0.25) is 5.13 Å². The van der Waals surface area contributed by atoms with Crippen molar-refractivity contribution < 1.29 is 12.8 Å². The van der Waals surface area contributed by atoms with Crippen molar-refractivity contribution in [1.82, 2.24) is 19.2 Å². The number of fused-ring (bicyclic) bond motifs is 2. The number of nitrogens with zero attached hydrogens (tertiary/aromatic N) is 3. The summed E-state index contributed by atoms with van der Waals surface area (Å²) in [5.74, 6) is -0.554. The molecule has 3 aromatic carbocycles. The fourth-order valence-electron chi connectivity index (χ4n) is 4.45. The van der Waals surface area contributed by atoms with Gasteiger partial charge in [0.05, 0.1) is 17.0 Å². The van der Waals surface area contributed by atoms with E-state index in [1.54, 1.807) is 6.07 Å². The zero-order chi connectivity index (χ0) is 24.7. The second-order valence-corrected chi connectivity index (χ2v) is 11.0. The van der Waals surface area contributed by atoms with Crippen LogP contribution in [0.5, 0.6) is 0 Å². The number of hydrogen-bond donors (Lipinski definition) is 2. The molecular formula is C25H21N5O4S2. The van der Waals surface area contributed by atoms with Crippen molar-refractivity contribution in [3.63, 3.8) is 0 Å². The number of nitrogens with one attached hydrogen (secondary N) is 2. The van der Waals surface area contributed by atoms with Gasteiger partial charge in [0, 0.05) is 24.1 Å². The predicted molar refractivity (Wildman–Crippen MR) is 138 cm³/mol. The molecule has 0 saturated heterocycles. The van der Waals surface area contributed by atoms with E-state index in [1.807, 2.05) is 12.1 Å². The molecule has 0 unspecified atom stereocenters. The number of hydrogen-bond acceptors (Lipinski definition) is 8. The topological polar surface area (TPSA) is 119 Å². The molecule has 0 bridgehead atoms. The highest BCUT2D eigenvalue weighted by Gasteiger charge is 2.19. The molecule has 0 aliphatic carbocycles. The molecule has 0 radical (unpaired) electrons. The van der Waals surface area contributed by atoms with E-state index < -0.39 is 15.8 Å². The van der Waals surface area contributed by atoms with E-state index >= 15 is 0 Å². The average Bonchev–Trinajstić information content (AvgIpc) is 3.50. The summed E-state index contributed by atoms with van der Waals surface area (Å²) in [5.41, 5.74) is 6.53. The second kappa shape index (κ2) is 9.01. The summed E-state index contributed by atoms with van der Waals surface area (Å²) < 4.78 is 38.4. The van der Waals surface area contributed by atoms with Crippen LogP contribution in [0.15, 0.2) is 81.1 Å². The van der Waals surface area contributed by atoms with Gasteiger partial charge in [0.25, 0.3) is 10.0 Å². The Morgan fingerprint density at radius 3 is 2.81 bits per heavy atom. The highest BCUT2D eigenvalue weighted by atomic mass is 32.2. The van der Waals surface area contributed by atoms with E-state index in [-0.39, 0.29) is 15.6 Å². The molecule has 9 nitrogen and oxygen atoms in total. The Hall–Kier alpha value is -3.80. The van der Waals surface area contributed by atoms with Crippen molar-refractivity contribution in [3.05, 3.63) is 94.2 Å². The Labute approximate surface area is 210 Å². The number of aromatic nitrogens is 3. The van der Waals surface area contributed by atoms with E-state index in [9.17, 15) is 13.2 Å². The first-order chi connectivity index (χ1) is 17.5. The quantitative estimate of drug-likeness (QED) is 0.352. The van der Waals surface area contributed by atoms with Gasteiger partial charge < -0.3 is 9.73 Å². The molecule has 11 heteroatoms. The van der Waals surface area contributed by atoms with Gasteiger partial charge in [0.1, 0.15) is 6.33 Å². The minimum atomic E-state index is -3.90. The van der Waals surface area contributed by atoms with Crippen molar-refractivity contribution in [3.8, 4) is 11.1 Å². The lowest BCUT2D eigenvalue weighted by Crippen LogP contribution is -2.23. The van der Waals surface area contributed by atoms with Crippen LogP contribution in [0.2, 0.25) is 0 Å². The first kappa shape index (κ1) is 22.7. The van der Waals surface area contributed by atoms with E-state index in [2.05, 4.69) is 49.7 Å². The fourth-order valence-corrected chi connectivity index (χ4v) is 6.12. The molecule has 5 aromatic rings. The van der Waals surface area contributed by atoms with E-state index in [1.165, 1.54) is 34.2 Å². The third-order valence-corrected chi connectivity index (χ3v) is 8.27. The number of anilines is 1. The van der Waals surface area contributed by atoms with Gasteiger partial charge in [-0.2, -0.15) is 4.37 Å². The summed E-state index contributed by atoms with van der Waals surface area (Å²) >= 11 is 0.930. The smallest absolute Gasteiger partial charge is 0.408 e. The molecule has 0 saturated carbocycles. The summed E-state index contributed by atoms with van der Waals surface area (Å²) in [4.78, 5) is 16.5. The Bertz CT molecular complexity index is 1740. The van der Waals surface area contributed by atoms with Crippen LogP contribution in [0, 0.1) is 0 Å². The summed E-state index contributed by atoms with van der Waals surface area (Å²) in [7, 11) is -3.90.